The van der Waals surface area contributed by atoms with Gasteiger partial charge in [0.05, 0.1) is 12.9 Å². The van der Waals surface area contributed by atoms with Crippen LogP contribution in [0.3, 0.4) is 0 Å². The summed E-state index contributed by atoms with van der Waals surface area (Å²) < 4.78 is 24.6. The Morgan fingerprint density at radius 2 is 2.25 bits per heavy atom. The smallest absolute Gasteiger partial charge is 0.210 e. The zero-order valence-corrected chi connectivity index (χ0v) is 10.8. The van der Waals surface area contributed by atoms with Crippen molar-refractivity contribution in [2.24, 2.45) is 0 Å². The van der Waals surface area contributed by atoms with Crippen LogP contribution in [0.1, 0.15) is 26.2 Å². The molecule has 0 saturated heterocycles. The van der Waals surface area contributed by atoms with Gasteiger partial charge in [-0.05, 0) is 18.9 Å². The van der Waals surface area contributed by atoms with E-state index in [1.165, 1.54) is 12.0 Å². The first-order valence-electron chi connectivity index (χ1n) is 5.58. The molecule has 0 amide bonds. The lowest BCUT2D eigenvalue weighted by Gasteiger charge is -2.28. The van der Waals surface area contributed by atoms with E-state index >= 15 is 0 Å². The van der Waals surface area contributed by atoms with E-state index in [9.17, 15) is 8.42 Å². The molecule has 0 atom stereocenters. The molecule has 0 spiro atoms. The highest BCUT2D eigenvalue weighted by atomic mass is 32.2. The van der Waals surface area contributed by atoms with Gasteiger partial charge >= 0.3 is 0 Å². The molecule has 0 aromatic carbocycles. The van der Waals surface area contributed by atoms with Crippen molar-refractivity contribution in [3.63, 3.8) is 0 Å². The summed E-state index contributed by atoms with van der Waals surface area (Å²) in [7, 11) is -3.11. The van der Waals surface area contributed by atoms with Gasteiger partial charge in [-0.15, -0.1) is 0 Å². The summed E-state index contributed by atoms with van der Waals surface area (Å²) in [5, 5.41) is 0. The molecular formula is C11H20N2O2S. The average molecular weight is 244 g/mol. The second-order valence-electron chi connectivity index (χ2n) is 3.99. The molecule has 92 valence electrons. The Hall–Kier alpha value is -0.810. The highest BCUT2D eigenvalue weighted by Crippen LogP contribution is 2.15. The highest BCUT2D eigenvalue weighted by molar-refractivity contribution is 7.88. The zero-order chi connectivity index (χ0) is 12.0. The minimum absolute atomic E-state index is 0.360. The molecule has 5 heteroatoms. The van der Waals surface area contributed by atoms with Crippen molar-refractivity contribution >= 4 is 10.0 Å². The third kappa shape index (κ3) is 4.81. The van der Waals surface area contributed by atoms with Crippen LogP contribution in [-0.4, -0.2) is 32.8 Å². The van der Waals surface area contributed by atoms with Gasteiger partial charge in [-0.3, -0.25) is 0 Å². The van der Waals surface area contributed by atoms with Gasteiger partial charge < -0.3 is 4.90 Å². The lowest BCUT2D eigenvalue weighted by molar-refractivity contribution is 0.353. The molecule has 0 radical (unpaired) electrons. The average Bonchev–Trinajstić information content (AvgIpc) is 2.23. The fourth-order valence-corrected chi connectivity index (χ4v) is 1.94. The summed E-state index contributed by atoms with van der Waals surface area (Å²) in [6.07, 6.45) is 10.6. The predicted molar refractivity (Wildman–Crippen MR) is 66.3 cm³/mol. The summed E-state index contributed by atoms with van der Waals surface area (Å²) in [5.74, 6) is 0. The van der Waals surface area contributed by atoms with E-state index in [2.05, 4.69) is 22.6 Å². The Bertz CT molecular complexity index is 371. The molecule has 1 N–H and O–H groups in total. The van der Waals surface area contributed by atoms with Crippen LogP contribution in [-0.2, 0) is 10.0 Å². The monoisotopic (exact) mass is 244 g/mol. The first kappa shape index (κ1) is 13.3. The molecule has 0 unspecified atom stereocenters. The van der Waals surface area contributed by atoms with Gasteiger partial charge in [0.2, 0.25) is 10.0 Å². The molecule has 1 aliphatic rings. The third-order valence-electron chi connectivity index (χ3n) is 2.46. The van der Waals surface area contributed by atoms with E-state index in [0.29, 0.717) is 6.67 Å². The number of nitrogens with one attached hydrogen (secondary N) is 1. The van der Waals surface area contributed by atoms with Crippen LogP contribution < -0.4 is 4.72 Å². The molecule has 1 heterocycles. The summed E-state index contributed by atoms with van der Waals surface area (Å²) in [6, 6.07) is 0. The lowest BCUT2D eigenvalue weighted by atomic mass is 10.1. The summed E-state index contributed by atoms with van der Waals surface area (Å²) >= 11 is 0. The Labute approximate surface area is 98.1 Å². The maximum Gasteiger partial charge on any atom is 0.210 e. The summed E-state index contributed by atoms with van der Waals surface area (Å²) in [6.45, 7) is 3.29. The van der Waals surface area contributed by atoms with E-state index < -0.39 is 10.0 Å². The van der Waals surface area contributed by atoms with Crippen LogP contribution in [0.2, 0.25) is 0 Å². The Morgan fingerprint density at radius 1 is 1.50 bits per heavy atom. The minimum Gasteiger partial charge on any atom is -0.357 e. The standard InChI is InChI=1S/C11H20N2O2S/c1-3-4-7-11-8-5-6-9-13(11)10-12-16(2,14)15/h5-6,8,12H,3-4,7,9-10H2,1-2H3. The first-order chi connectivity index (χ1) is 7.53. The van der Waals surface area contributed by atoms with E-state index in [-0.39, 0.29) is 0 Å². The number of hydrogen-bond acceptors (Lipinski definition) is 3. The summed E-state index contributed by atoms with van der Waals surface area (Å²) in [5.41, 5.74) is 1.21. The number of unbranched alkanes of at least 4 members (excludes halogenated alkanes) is 1. The SMILES string of the molecule is CCCCC1=CC=CCN1CNS(C)(=O)=O. The van der Waals surface area contributed by atoms with Crippen LogP contribution >= 0.6 is 0 Å². The molecular weight excluding hydrogens is 224 g/mol. The third-order valence-corrected chi connectivity index (χ3v) is 3.11. The summed E-state index contributed by atoms with van der Waals surface area (Å²) in [4.78, 5) is 2.05. The topological polar surface area (TPSA) is 49.4 Å². The molecule has 0 aromatic heterocycles. The maximum atomic E-state index is 11.0. The van der Waals surface area contributed by atoms with Crippen LogP contribution in [0.5, 0.6) is 0 Å². The number of allylic oxidation sites excluding steroid dienone is 3. The predicted octanol–water partition coefficient (Wildman–Crippen LogP) is 1.44. The van der Waals surface area contributed by atoms with Crippen LogP contribution in [0.25, 0.3) is 0 Å². The van der Waals surface area contributed by atoms with Crippen LogP contribution in [0.15, 0.2) is 23.9 Å². The van der Waals surface area contributed by atoms with Crippen molar-refractivity contribution in [1.82, 2.24) is 9.62 Å². The first-order valence-corrected chi connectivity index (χ1v) is 7.47. The van der Waals surface area contributed by atoms with Crippen LogP contribution in [0.4, 0.5) is 0 Å². The largest absolute Gasteiger partial charge is 0.357 e. The molecule has 0 saturated carbocycles. The number of hydrogen-bond donors (Lipinski definition) is 1. The molecule has 0 aliphatic carbocycles. The van der Waals surface area contributed by atoms with Gasteiger partial charge in [-0.2, -0.15) is 4.72 Å². The van der Waals surface area contributed by atoms with E-state index in [1.54, 1.807) is 0 Å². The lowest BCUT2D eigenvalue weighted by Crippen LogP contribution is -2.37. The molecule has 0 bridgehead atoms. The van der Waals surface area contributed by atoms with Crippen molar-refractivity contribution in [1.29, 1.82) is 0 Å². The maximum absolute atomic E-state index is 11.0. The molecule has 4 nitrogen and oxygen atoms in total. The zero-order valence-electron chi connectivity index (χ0n) is 9.94. The second kappa shape index (κ2) is 6.06. The van der Waals surface area contributed by atoms with Crippen molar-refractivity contribution in [2.75, 3.05) is 19.5 Å². The van der Waals surface area contributed by atoms with Crippen LogP contribution in [0, 0.1) is 0 Å². The van der Waals surface area contributed by atoms with E-state index in [1.807, 2.05) is 12.2 Å². The molecule has 16 heavy (non-hydrogen) atoms. The fourth-order valence-electron chi connectivity index (χ4n) is 1.55. The molecule has 0 aromatic rings. The van der Waals surface area contributed by atoms with E-state index in [4.69, 9.17) is 0 Å². The van der Waals surface area contributed by atoms with Gasteiger partial charge in [-0.1, -0.05) is 25.5 Å². The van der Waals surface area contributed by atoms with Crippen molar-refractivity contribution in [2.45, 2.75) is 26.2 Å². The molecule has 0 fully saturated rings. The van der Waals surface area contributed by atoms with E-state index in [0.717, 1.165) is 25.8 Å². The van der Waals surface area contributed by atoms with Gasteiger partial charge in [0.15, 0.2) is 0 Å². The van der Waals surface area contributed by atoms with Gasteiger partial charge in [0, 0.05) is 12.2 Å². The number of sulfonamides is 1. The second-order valence-corrected chi connectivity index (χ2v) is 5.82. The quantitative estimate of drug-likeness (QED) is 0.769. The van der Waals surface area contributed by atoms with Crippen molar-refractivity contribution in [3.05, 3.63) is 23.9 Å². The Kier molecular flexibility index (Phi) is 5.02. The highest BCUT2D eigenvalue weighted by Gasteiger charge is 2.11. The Morgan fingerprint density at radius 3 is 2.88 bits per heavy atom. The minimum atomic E-state index is -3.11. The fraction of sp³-hybridized carbons (Fsp3) is 0.636. The molecule has 1 rings (SSSR count). The van der Waals surface area contributed by atoms with Gasteiger partial charge in [0.25, 0.3) is 0 Å². The molecule has 1 aliphatic heterocycles. The number of nitrogens with zero attached hydrogens (tertiary/aromatic N) is 1. The van der Waals surface area contributed by atoms with Crippen molar-refractivity contribution in [3.8, 4) is 0 Å². The van der Waals surface area contributed by atoms with Gasteiger partial charge in [0.1, 0.15) is 0 Å². The number of rotatable bonds is 6. The Balaban J connectivity index is 2.51. The van der Waals surface area contributed by atoms with Crippen molar-refractivity contribution < 1.29 is 8.42 Å². The van der Waals surface area contributed by atoms with Gasteiger partial charge in [-0.25, -0.2) is 8.42 Å². The normalized spacial score (nSPS) is 16.4.